The van der Waals surface area contributed by atoms with Crippen molar-refractivity contribution >= 4 is 23.3 Å². The summed E-state index contributed by atoms with van der Waals surface area (Å²) < 4.78 is 0. The molecule has 2 atom stereocenters. The number of rotatable bonds is 4. The number of hydrogen-bond acceptors (Lipinski definition) is 5. The SMILES string of the molecule is O=C(N[C@@H]1CN(c2ccncn2)C[C@H]1CO)c1ccc(Cl)cc1. The van der Waals surface area contributed by atoms with E-state index in [1.807, 2.05) is 11.0 Å². The second kappa shape index (κ2) is 6.93. The third-order valence-electron chi connectivity index (χ3n) is 3.99. The monoisotopic (exact) mass is 332 g/mol. The standard InChI is InChI=1S/C16H17ClN4O2/c17-13-3-1-11(2-4-13)16(23)20-14-8-21(7-12(14)9-22)15-5-6-18-10-19-15/h1-6,10,12,14,22H,7-9H2,(H,20,23)/t12-,14+/m0/s1. The van der Waals surface area contributed by atoms with Gasteiger partial charge >= 0.3 is 0 Å². The highest BCUT2D eigenvalue weighted by molar-refractivity contribution is 6.30. The fourth-order valence-corrected chi connectivity index (χ4v) is 2.86. The van der Waals surface area contributed by atoms with Crippen molar-refractivity contribution in [3.05, 3.63) is 53.4 Å². The van der Waals surface area contributed by atoms with E-state index in [0.717, 1.165) is 5.82 Å². The zero-order valence-electron chi connectivity index (χ0n) is 12.4. The Kier molecular flexibility index (Phi) is 4.73. The fourth-order valence-electron chi connectivity index (χ4n) is 2.73. The molecule has 0 saturated carbocycles. The lowest BCUT2D eigenvalue weighted by molar-refractivity contribution is 0.0921. The minimum absolute atomic E-state index is 0.00709. The molecular weight excluding hydrogens is 316 g/mol. The Morgan fingerprint density at radius 3 is 2.74 bits per heavy atom. The van der Waals surface area contributed by atoms with Crippen LogP contribution in [0.4, 0.5) is 5.82 Å². The minimum atomic E-state index is -0.172. The fraction of sp³-hybridized carbons (Fsp3) is 0.312. The van der Waals surface area contributed by atoms with Gasteiger partial charge in [-0.2, -0.15) is 0 Å². The first-order valence-electron chi connectivity index (χ1n) is 7.35. The molecule has 0 aliphatic carbocycles. The lowest BCUT2D eigenvalue weighted by Gasteiger charge is -2.18. The Morgan fingerprint density at radius 2 is 2.09 bits per heavy atom. The van der Waals surface area contributed by atoms with Crippen molar-refractivity contribution in [2.45, 2.75) is 6.04 Å². The van der Waals surface area contributed by atoms with Crippen LogP contribution in [0.25, 0.3) is 0 Å². The van der Waals surface area contributed by atoms with Crippen LogP contribution in [0.1, 0.15) is 10.4 Å². The highest BCUT2D eigenvalue weighted by atomic mass is 35.5. The number of amides is 1. The summed E-state index contributed by atoms with van der Waals surface area (Å²) in [6.07, 6.45) is 3.17. The molecule has 6 nitrogen and oxygen atoms in total. The van der Waals surface area contributed by atoms with Crippen molar-refractivity contribution in [3.63, 3.8) is 0 Å². The van der Waals surface area contributed by atoms with E-state index in [-0.39, 0.29) is 24.5 Å². The number of aliphatic hydroxyl groups is 1. The molecule has 1 aromatic heterocycles. The Balaban J connectivity index is 1.69. The van der Waals surface area contributed by atoms with Crippen LogP contribution in [0.3, 0.4) is 0 Å². The average Bonchev–Trinajstić information content (AvgIpc) is 2.99. The molecule has 2 N–H and O–H groups in total. The molecule has 1 aromatic carbocycles. The zero-order valence-corrected chi connectivity index (χ0v) is 13.1. The van der Waals surface area contributed by atoms with E-state index < -0.39 is 0 Å². The van der Waals surface area contributed by atoms with Gasteiger partial charge in [-0.25, -0.2) is 9.97 Å². The van der Waals surface area contributed by atoms with Gasteiger partial charge in [-0.3, -0.25) is 4.79 Å². The second-order valence-corrected chi connectivity index (χ2v) is 5.94. The second-order valence-electron chi connectivity index (χ2n) is 5.50. The van der Waals surface area contributed by atoms with Gasteiger partial charge in [0.2, 0.25) is 0 Å². The van der Waals surface area contributed by atoms with Crippen LogP contribution in [0, 0.1) is 5.92 Å². The molecule has 0 radical (unpaired) electrons. The Bertz CT molecular complexity index is 666. The summed E-state index contributed by atoms with van der Waals surface area (Å²) in [7, 11) is 0. The molecule has 1 fully saturated rings. The molecule has 0 spiro atoms. The number of aliphatic hydroxyl groups excluding tert-OH is 1. The van der Waals surface area contributed by atoms with E-state index in [2.05, 4.69) is 15.3 Å². The van der Waals surface area contributed by atoms with E-state index in [1.165, 1.54) is 6.33 Å². The Labute approximate surface area is 139 Å². The number of nitrogens with zero attached hydrogens (tertiary/aromatic N) is 3. The van der Waals surface area contributed by atoms with Gasteiger partial charge in [0.15, 0.2) is 0 Å². The number of carbonyl (C=O) groups excluding carboxylic acids is 1. The normalized spacial score (nSPS) is 20.5. The van der Waals surface area contributed by atoms with Crippen molar-refractivity contribution in [1.29, 1.82) is 0 Å². The summed E-state index contributed by atoms with van der Waals surface area (Å²) in [4.78, 5) is 22.5. The highest BCUT2D eigenvalue weighted by Crippen LogP contribution is 2.22. The highest BCUT2D eigenvalue weighted by Gasteiger charge is 2.34. The van der Waals surface area contributed by atoms with Gasteiger partial charge in [0, 0.05) is 42.4 Å². The van der Waals surface area contributed by atoms with Gasteiger partial charge in [0.05, 0.1) is 6.04 Å². The van der Waals surface area contributed by atoms with E-state index >= 15 is 0 Å². The topological polar surface area (TPSA) is 78.4 Å². The molecule has 23 heavy (non-hydrogen) atoms. The lowest BCUT2D eigenvalue weighted by atomic mass is 10.0. The van der Waals surface area contributed by atoms with Crippen LogP contribution in [0.15, 0.2) is 42.9 Å². The largest absolute Gasteiger partial charge is 0.396 e. The molecular formula is C16H17ClN4O2. The summed E-state index contributed by atoms with van der Waals surface area (Å²) in [6, 6.07) is 8.41. The molecule has 3 rings (SSSR count). The van der Waals surface area contributed by atoms with Gasteiger partial charge in [0.25, 0.3) is 5.91 Å². The van der Waals surface area contributed by atoms with E-state index in [0.29, 0.717) is 23.7 Å². The van der Waals surface area contributed by atoms with Crippen LogP contribution in [0.2, 0.25) is 5.02 Å². The summed E-state index contributed by atoms with van der Waals surface area (Å²) in [5.74, 6) is 0.581. The quantitative estimate of drug-likeness (QED) is 0.884. The van der Waals surface area contributed by atoms with Crippen LogP contribution >= 0.6 is 11.6 Å². The summed E-state index contributed by atoms with van der Waals surface area (Å²) in [5.41, 5.74) is 0.548. The number of hydrogen-bond donors (Lipinski definition) is 2. The van der Waals surface area contributed by atoms with Crippen molar-refractivity contribution in [2.24, 2.45) is 5.92 Å². The number of halogens is 1. The number of benzene rings is 1. The van der Waals surface area contributed by atoms with Crippen LogP contribution < -0.4 is 10.2 Å². The zero-order chi connectivity index (χ0) is 16.2. The molecule has 1 aliphatic heterocycles. The molecule has 1 aliphatic rings. The third-order valence-corrected chi connectivity index (χ3v) is 4.24. The Hall–Kier alpha value is -2.18. The van der Waals surface area contributed by atoms with E-state index in [1.54, 1.807) is 30.5 Å². The molecule has 120 valence electrons. The lowest BCUT2D eigenvalue weighted by Crippen LogP contribution is -2.41. The summed E-state index contributed by atoms with van der Waals surface area (Å²) in [5, 5.41) is 13.2. The Morgan fingerprint density at radius 1 is 1.30 bits per heavy atom. The van der Waals surface area contributed by atoms with E-state index in [4.69, 9.17) is 11.6 Å². The number of anilines is 1. The van der Waals surface area contributed by atoms with Crippen molar-refractivity contribution < 1.29 is 9.90 Å². The van der Waals surface area contributed by atoms with Gasteiger partial charge in [0.1, 0.15) is 12.1 Å². The van der Waals surface area contributed by atoms with Gasteiger partial charge < -0.3 is 15.3 Å². The number of aromatic nitrogens is 2. The smallest absolute Gasteiger partial charge is 0.251 e. The van der Waals surface area contributed by atoms with Gasteiger partial charge in [-0.05, 0) is 30.3 Å². The maximum absolute atomic E-state index is 12.3. The molecule has 2 heterocycles. The van der Waals surface area contributed by atoms with Crippen molar-refractivity contribution in [2.75, 3.05) is 24.6 Å². The predicted octanol–water partition coefficient (Wildman–Crippen LogP) is 1.36. The third kappa shape index (κ3) is 3.60. The van der Waals surface area contributed by atoms with Crippen LogP contribution in [0.5, 0.6) is 0 Å². The van der Waals surface area contributed by atoms with Gasteiger partial charge in [-0.15, -0.1) is 0 Å². The molecule has 7 heteroatoms. The molecule has 0 bridgehead atoms. The molecule has 0 unspecified atom stereocenters. The van der Waals surface area contributed by atoms with E-state index in [9.17, 15) is 9.90 Å². The number of carbonyl (C=O) groups is 1. The van der Waals surface area contributed by atoms with Crippen LogP contribution in [-0.4, -0.2) is 46.7 Å². The number of nitrogens with one attached hydrogen (secondary N) is 1. The average molecular weight is 333 g/mol. The van der Waals surface area contributed by atoms with Crippen molar-refractivity contribution in [1.82, 2.24) is 15.3 Å². The van der Waals surface area contributed by atoms with Gasteiger partial charge in [-0.1, -0.05) is 11.6 Å². The maximum atomic E-state index is 12.3. The molecule has 1 saturated heterocycles. The first-order valence-corrected chi connectivity index (χ1v) is 7.73. The molecule has 2 aromatic rings. The predicted molar refractivity (Wildman–Crippen MR) is 87.5 cm³/mol. The molecule has 1 amide bonds. The first-order chi connectivity index (χ1) is 11.2. The first kappa shape index (κ1) is 15.7. The maximum Gasteiger partial charge on any atom is 0.251 e. The summed E-state index contributed by atoms with van der Waals surface area (Å²) in [6.45, 7) is 1.24. The minimum Gasteiger partial charge on any atom is -0.396 e. The van der Waals surface area contributed by atoms with Crippen molar-refractivity contribution in [3.8, 4) is 0 Å². The van der Waals surface area contributed by atoms with Crippen LogP contribution in [-0.2, 0) is 0 Å². The summed E-state index contributed by atoms with van der Waals surface area (Å²) >= 11 is 5.84.